The summed E-state index contributed by atoms with van der Waals surface area (Å²) >= 11 is 0. The van der Waals surface area contributed by atoms with Gasteiger partial charge in [-0.2, -0.15) is 0 Å². The minimum absolute atomic E-state index is 0.0286. The van der Waals surface area contributed by atoms with E-state index in [0.717, 1.165) is 6.42 Å². The Morgan fingerprint density at radius 1 is 1.19 bits per heavy atom. The highest BCUT2D eigenvalue weighted by Crippen LogP contribution is 2.46. The van der Waals surface area contributed by atoms with Gasteiger partial charge in [-0.05, 0) is 32.1 Å². The van der Waals surface area contributed by atoms with Gasteiger partial charge in [0.15, 0.2) is 18.2 Å². The lowest BCUT2D eigenvalue weighted by Crippen LogP contribution is -2.48. The Hall–Kier alpha value is -1.26. The van der Waals surface area contributed by atoms with Crippen molar-refractivity contribution in [3.8, 4) is 0 Å². The van der Waals surface area contributed by atoms with E-state index in [9.17, 15) is 9.59 Å². The van der Waals surface area contributed by atoms with Crippen molar-refractivity contribution in [1.29, 1.82) is 0 Å². The molecule has 0 aromatic heterocycles. The molecular weight excluding hydrogens is 420 g/mol. The summed E-state index contributed by atoms with van der Waals surface area (Å²) in [7, 11) is 0. The fourth-order valence-electron chi connectivity index (χ4n) is 5.18. The van der Waals surface area contributed by atoms with E-state index in [0.29, 0.717) is 18.9 Å². The van der Waals surface area contributed by atoms with E-state index in [1.165, 1.54) is 0 Å². The first-order chi connectivity index (χ1) is 15.0. The monoisotopic (exact) mass is 456 g/mol. The third kappa shape index (κ3) is 4.18. The number of carbonyl (C=O) groups excluding carboxylic acids is 2. The molecule has 8 unspecified atom stereocenters. The standard InChI is InChI=1S/C23H36O9/c1-12(2)9-22(5,13(3)4)21(25)29-15-10-26-11-28-17-16(15)30-20-18(17)31-23(6,32-20)14-7-8-27-19(14)24/h12-18,20H,7-11H2,1-6H3. The Morgan fingerprint density at radius 2 is 1.94 bits per heavy atom. The van der Waals surface area contributed by atoms with Crippen molar-refractivity contribution in [1.82, 2.24) is 0 Å². The van der Waals surface area contributed by atoms with Gasteiger partial charge < -0.3 is 33.2 Å². The van der Waals surface area contributed by atoms with Gasteiger partial charge in [-0.25, -0.2) is 0 Å². The number of hydrogen-bond acceptors (Lipinski definition) is 9. The van der Waals surface area contributed by atoms with E-state index < -0.39 is 47.8 Å². The van der Waals surface area contributed by atoms with E-state index >= 15 is 0 Å². The Kier molecular flexibility index (Phi) is 6.59. The molecule has 4 aliphatic heterocycles. The molecule has 0 amide bonds. The van der Waals surface area contributed by atoms with Crippen LogP contribution in [0.25, 0.3) is 0 Å². The lowest BCUT2D eigenvalue weighted by molar-refractivity contribution is -0.255. The van der Waals surface area contributed by atoms with E-state index in [1.54, 1.807) is 6.92 Å². The molecule has 9 heteroatoms. The molecule has 0 aromatic carbocycles. The molecule has 8 atom stereocenters. The maximum absolute atomic E-state index is 13.3. The van der Waals surface area contributed by atoms with Crippen molar-refractivity contribution in [2.75, 3.05) is 20.0 Å². The Morgan fingerprint density at radius 3 is 2.56 bits per heavy atom. The molecule has 4 aliphatic rings. The first-order valence-corrected chi connectivity index (χ1v) is 11.6. The normalized spacial score (nSPS) is 41.2. The summed E-state index contributed by atoms with van der Waals surface area (Å²) in [4.78, 5) is 25.4. The fourth-order valence-corrected chi connectivity index (χ4v) is 5.18. The van der Waals surface area contributed by atoms with Gasteiger partial charge in [0.25, 0.3) is 0 Å². The largest absolute Gasteiger partial charge is 0.465 e. The number of hydrogen-bond donors (Lipinski definition) is 0. The van der Waals surface area contributed by atoms with Crippen LogP contribution in [0.1, 0.15) is 54.4 Å². The first-order valence-electron chi connectivity index (χ1n) is 11.6. The molecule has 0 spiro atoms. The third-order valence-electron chi connectivity index (χ3n) is 7.32. The zero-order valence-corrected chi connectivity index (χ0v) is 19.8. The van der Waals surface area contributed by atoms with Gasteiger partial charge in [-0.15, -0.1) is 0 Å². The van der Waals surface area contributed by atoms with Crippen LogP contribution in [0.3, 0.4) is 0 Å². The minimum atomic E-state index is -1.15. The highest BCUT2D eigenvalue weighted by Gasteiger charge is 2.63. The van der Waals surface area contributed by atoms with Gasteiger partial charge in [-0.1, -0.05) is 27.7 Å². The summed E-state index contributed by atoms with van der Waals surface area (Å²) in [6.07, 6.45) is -1.84. The summed E-state index contributed by atoms with van der Waals surface area (Å²) in [5.41, 5.74) is -0.625. The van der Waals surface area contributed by atoms with Crippen LogP contribution in [0.15, 0.2) is 0 Å². The van der Waals surface area contributed by atoms with Crippen LogP contribution in [-0.4, -0.2) is 68.4 Å². The predicted octanol–water partition coefficient (Wildman–Crippen LogP) is 2.40. The second-order valence-corrected chi connectivity index (χ2v) is 10.4. The Labute approximate surface area is 189 Å². The third-order valence-corrected chi connectivity index (χ3v) is 7.32. The smallest absolute Gasteiger partial charge is 0.314 e. The molecule has 0 saturated carbocycles. The van der Waals surface area contributed by atoms with Crippen molar-refractivity contribution in [3.63, 3.8) is 0 Å². The molecule has 0 aliphatic carbocycles. The Bertz CT molecular complexity index is 724. The molecule has 9 nitrogen and oxygen atoms in total. The molecule has 4 fully saturated rings. The van der Waals surface area contributed by atoms with Crippen molar-refractivity contribution in [3.05, 3.63) is 0 Å². The van der Waals surface area contributed by atoms with Crippen LogP contribution < -0.4 is 0 Å². The summed E-state index contributed by atoms with van der Waals surface area (Å²) in [6.45, 7) is 12.5. The summed E-state index contributed by atoms with van der Waals surface area (Å²) in [5, 5.41) is 0. The van der Waals surface area contributed by atoms with Crippen molar-refractivity contribution < 1.29 is 42.7 Å². The van der Waals surface area contributed by atoms with Crippen LogP contribution in [0.5, 0.6) is 0 Å². The van der Waals surface area contributed by atoms with Crippen molar-refractivity contribution in [2.45, 2.75) is 90.9 Å². The maximum Gasteiger partial charge on any atom is 0.314 e. The molecule has 4 saturated heterocycles. The SMILES string of the molecule is CC(C)CC(C)(C(=O)OC1COCOC2C1OC1OC(C)(C3CCOC3=O)OC12)C(C)C. The number of cyclic esters (lactones) is 1. The minimum Gasteiger partial charge on any atom is -0.465 e. The first kappa shape index (κ1) is 23.9. The van der Waals surface area contributed by atoms with Crippen LogP contribution >= 0.6 is 0 Å². The Balaban J connectivity index is 1.47. The van der Waals surface area contributed by atoms with E-state index in [2.05, 4.69) is 13.8 Å². The lowest BCUT2D eigenvalue weighted by Gasteiger charge is -2.36. The second-order valence-electron chi connectivity index (χ2n) is 10.4. The van der Waals surface area contributed by atoms with Crippen molar-refractivity contribution >= 4 is 11.9 Å². The van der Waals surface area contributed by atoms with Crippen LogP contribution in [0.4, 0.5) is 0 Å². The van der Waals surface area contributed by atoms with Gasteiger partial charge in [0, 0.05) is 6.42 Å². The highest BCUT2D eigenvalue weighted by molar-refractivity contribution is 5.77. The van der Waals surface area contributed by atoms with Gasteiger partial charge in [0.1, 0.15) is 31.0 Å². The predicted molar refractivity (Wildman–Crippen MR) is 110 cm³/mol. The van der Waals surface area contributed by atoms with Crippen LogP contribution in [-0.2, 0) is 42.7 Å². The quantitative estimate of drug-likeness (QED) is 0.558. The average molecular weight is 457 g/mol. The molecule has 0 radical (unpaired) electrons. The van der Waals surface area contributed by atoms with Gasteiger partial charge in [-0.3, -0.25) is 9.59 Å². The fraction of sp³-hybridized carbons (Fsp3) is 0.913. The van der Waals surface area contributed by atoms with Gasteiger partial charge in [0.05, 0.1) is 18.6 Å². The average Bonchev–Trinajstić information content (AvgIpc) is 3.32. The zero-order valence-electron chi connectivity index (χ0n) is 19.8. The van der Waals surface area contributed by atoms with Gasteiger partial charge in [0.2, 0.25) is 0 Å². The second kappa shape index (κ2) is 8.83. The van der Waals surface area contributed by atoms with Crippen molar-refractivity contribution in [2.24, 2.45) is 23.2 Å². The van der Waals surface area contributed by atoms with E-state index in [1.807, 2.05) is 20.8 Å². The molecule has 0 bridgehead atoms. The molecular formula is C23H36O9. The highest BCUT2D eigenvalue weighted by atomic mass is 16.9. The summed E-state index contributed by atoms with van der Waals surface area (Å²) in [6, 6.07) is 0. The molecule has 4 rings (SSSR count). The molecule has 4 heterocycles. The van der Waals surface area contributed by atoms with Crippen LogP contribution in [0, 0.1) is 23.2 Å². The van der Waals surface area contributed by atoms with Crippen LogP contribution in [0.2, 0.25) is 0 Å². The van der Waals surface area contributed by atoms with E-state index in [4.69, 9.17) is 33.2 Å². The molecule has 32 heavy (non-hydrogen) atoms. The summed E-state index contributed by atoms with van der Waals surface area (Å²) < 4.78 is 40.9. The molecule has 0 aromatic rings. The van der Waals surface area contributed by atoms with Gasteiger partial charge >= 0.3 is 11.9 Å². The topological polar surface area (TPSA) is 98.8 Å². The number of esters is 2. The zero-order chi connectivity index (χ0) is 23.3. The number of carbonyl (C=O) groups is 2. The molecule has 0 N–H and O–H groups in total. The number of rotatable bonds is 6. The lowest BCUT2D eigenvalue weighted by atomic mass is 9.73. The molecule has 182 valence electrons. The number of fused-ring (bicyclic) bond motifs is 3. The van der Waals surface area contributed by atoms with E-state index in [-0.39, 0.29) is 31.3 Å². The summed E-state index contributed by atoms with van der Waals surface area (Å²) in [5.74, 6) is -1.81. The number of ether oxygens (including phenoxy) is 7. The maximum atomic E-state index is 13.3.